The molecule has 0 radical (unpaired) electrons. The van der Waals surface area contributed by atoms with Gasteiger partial charge in [-0.15, -0.1) is 0 Å². The fourth-order valence-corrected chi connectivity index (χ4v) is 2.95. The lowest BCUT2D eigenvalue weighted by molar-refractivity contribution is 0.475. The van der Waals surface area contributed by atoms with Gasteiger partial charge in [-0.25, -0.2) is 13.4 Å². The lowest BCUT2D eigenvalue weighted by Gasteiger charge is -2.11. The Bertz CT molecular complexity index is 763. The van der Waals surface area contributed by atoms with Crippen LogP contribution in [0, 0.1) is 6.92 Å². The minimum absolute atomic E-state index is 0.0337. The monoisotopic (exact) mass is 332 g/mol. The summed E-state index contributed by atoms with van der Waals surface area (Å²) in [5.41, 5.74) is 0.940. The third-order valence-corrected chi connectivity index (χ3v) is 4.55. The largest absolute Gasteiger partial charge is 0.508 e. The molecule has 0 aliphatic heterocycles. The second-order valence-corrected chi connectivity index (χ2v) is 6.50. The summed E-state index contributed by atoms with van der Waals surface area (Å²) in [7, 11) is -3.83. The van der Waals surface area contributed by atoms with E-state index >= 15 is 0 Å². The van der Waals surface area contributed by atoms with Crippen LogP contribution in [0.5, 0.6) is 5.75 Å². The molecule has 0 fully saturated rings. The van der Waals surface area contributed by atoms with Gasteiger partial charge in [0.2, 0.25) is 0 Å². The molecule has 0 saturated carbocycles. The molecule has 5 nitrogen and oxygen atoms in total. The quantitative estimate of drug-likeness (QED) is 0.668. The fourth-order valence-electron chi connectivity index (χ4n) is 1.52. The summed E-state index contributed by atoms with van der Waals surface area (Å²) in [5, 5.41) is 9.39. The van der Waals surface area contributed by atoms with Gasteiger partial charge in [0.15, 0.2) is 0 Å². The summed E-state index contributed by atoms with van der Waals surface area (Å²) in [6.07, 6.45) is 1.12. The normalized spacial score (nSPS) is 11.3. The van der Waals surface area contributed by atoms with Crippen LogP contribution in [0.15, 0.2) is 35.4 Å². The van der Waals surface area contributed by atoms with E-state index < -0.39 is 10.0 Å². The maximum absolute atomic E-state index is 12.2. The molecule has 0 bridgehead atoms. The van der Waals surface area contributed by atoms with Crippen LogP contribution in [-0.4, -0.2) is 18.5 Å². The number of hydrogen-bond donors (Lipinski definition) is 2. The van der Waals surface area contributed by atoms with Crippen molar-refractivity contribution in [1.82, 2.24) is 4.98 Å². The third-order valence-electron chi connectivity index (χ3n) is 2.54. The van der Waals surface area contributed by atoms with Crippen LogP contribution < -0.4 is 4.72 Å². The van der Waals surface area contributed by atoms with Crippen LogP contribution in [0.1, 0.15) is 5.56 Å². The van der Waals surface area contributed by atoms with Crippen molar-refractivity contribution < 1.29 is 13.5 Å². The van der Waals surface area contributed by atoms with Gasteiger partial charge in [-0.1, -0.05) is 23.2 Å². The Hall–Kier alpha value is -1.50. The first-order valence-electron chi connectivity index (χ1n) is 5.43. The Morgan fingerprint density at radius 2 is 1.95 bits per heavy atom. The van der Waals surface area contributed by atoms with Crippen molar-refractivity contribution in [2.75, 3.05) is 4.72 Å². The van der Waals surface area contributed by atoms with Crippen molar-refractivity contribution in [3.63, 3.8) is 0 Å². The number of aromatic nitrogens is 1. The zero-order valence-electron chi connectivity index (χ0n) is 10.3. The summed E-state index contributed by atoms with van der Waals surface area (Å²) >= 11 is 11.4. The van der Waals surface area contributed by atoms with Gasteiger partial charge in [0.05, 0.1) is 10.7 Å². The molecule has 2 rings (SSSR count). The van der Waals surface area contributed by atoms with E-state index in [2.05, 4.69) is 9.71 Å². The first-order chi connectivity index (χ1) is 9.29. The van der Waals surface area contributed by atoms with Gasteiger partial charge >= 0.3 is 0 Å². The van der Waals surface area contributed by atoms with Gasteiger partial charge in [-0.3, -0.25) is 4.72 Å². The smallest absolute Gasteiger partial charge is 0.263 e. The molecule has 20 heavy (non-hydrogen) atoms. The molecule has 0 aliphatic carbocycles. The van der Waals surface area contributed by atoms with Gasteiger partial charge in [-0.05, 0) is 36.8 Å². The molecule has 2 N–H and O–H groups in total. The maximum atomic E-state index is 12.2. The highest BCUT2D eigenvalue weighted by molar-refractivity contribution is 7.92. The molecular weight excluding hydrogens is 323 g/mol. The molecule has 1 aromatic heterocycles. The Balaban J connectivity index is 2.38. The number of halogens is 2. The first kappa shape index (κ1) is 14.9. The average Bonchev–Trinajstić information content (AvgIpc) is 2.36. The average molecular weight is 333 g/mol. The predicted octanol–water partition coefficient (Wildman–Crippen LogP) is 3.20. The van der Waals surface area contributed by atoms with Crippen LogP contribution in [-0.2, 0) is 10.0 Å². The van der Waals surface area contributed by atoms with Crippen molar-refractivity contribution in [1.29, 1.82) is 0 Å². The van der Waals surface area contributed by atoms with E-state index in [0.717, 1.165) is 6.20 Å². The molecule has 1 heterocycles. The van der Waals surface area contributed by atoms with Crippen molar-refractivity contribution in [2.45, 2.75) is 11.8 Å². The number of aromatic hydroxyl groups is 1. The highest BCUT2D eigenvalue weighted by atomic mass is 35.5. The maximum Gasteiger partial charge on any atom is 0.263 e. The van der Waals surface area contributed by atoms with Gasteiger partial charge in [-0.2, -0.15) is 0 Å². The minimum Gasteiger partial charge on any atom is -0.508 e. The Kier molecular flexibility index (Phi) is 4.08. The lowest BCUT2D eigenvalue weighted by Crippen LogP contribution is -2.14. The molecule has 1 aromatic carbocycles. The van der Waals surface area contributed by atoms with Crippen molar-refractivity contribution in [3.8, 4) is 5.75 Å². The van der Waals surface area contributed by atoms with Crippen molar-refractivity contribution in [3.05, 3.63) is 46.2 Å². The zero-order valence-corrected chi connectivity index (χ0v) is 12.6. The SMILES string of the molecule is Cc1cc(O)ccc1NS(=O)(=O)c1cnc(Cl)c(Cl)c1. The Labute approximate surface area is 126 Å². The predicted molar refractivity (Wildman–Crippen MR) is 77.9 cm³/mol. The van der Waals surface area contributed by atoms with Crippen LogP contribution in [0.4, 0.5) is 5.69 Å². The number of pyridine rings is 1. The number of phenolic OH excluding ortho intramolecular Hbond substituents is 1. The topological polar surface area (TPSA) is 79.3 Å². The molecular formula is C12H10Cl2N2O3S. The second-order valence-electron chi connectivity index (χ2n) is 4.05. The van der Waals surface area contributed by atoms with Crippen LogP contribution in [0.3, 0.4) is 0 Å². The highest BCUT2D eigenvalue weighted by Gasteiger charge is 2.17. The summed E-state index contributed by atoms with van der Waals surface area (Å²) < 4.78 is 26.8. The summed E-state index contributed by atoms with van der Waals surface area (Å²) in [6.45, 7) is 1.67. The van der Waals surface area contributed by atoms with E-state index in [-0.39, 0.29) is 20.8 Å². The van der Waals surface area contributed by atoms with Crippen molar-refractivity contribution >= 4 is 38.9 Å². The van der Waals surface area contributed by atoms with E-state index in [4.69, 9.17) is 23.2 Å². The van der Waals surface area contributed by atoms with Gasteiger partial charge in [0, 0.05) is 6.20 Å². The molecule has 8 heteroatoms. The summed E-state index contributed by atoms with van der Waals surface area (Å²) in [4.78, 5) is 3.60. The van der Waals surface area contributed by atoms with Gasteiger partial charge < -0.3 is 5.11 Å². The number of sulfonamides is 1. The number of aryl methyl sites for hydroxylation is 1. The van der Waals surface area contributed by atoms with Crippen molar-refractivity contribution in [2.24, 2.45) is 0 Å². The van der Waals surface area contributed by atoms with E-state index in [1.807, 2.05) is 0 Å². The number of nitrogens with one attached hydrogen (secondary N) is 1. The Morgan fingerprint density at radius 1 is 1.25 bits per heavy atom. The molecule has 0 saturated heterocycles. The summed E-state index contributed by atoms with van der Waals surface area (Å²) in [6, 6.07) is 5.52. The van der Waals surface area contributed by atoms with E-state index in [0.29, 0.717) is 11.3 Å². The minimum atomic E-state index is -3.83. The second kappa shape index (κ2) is 5.47. The molecule has 2 aromatic rings. The van der Waals surface area contributed by atoms with E-state index in [1.165, 1.54) is 24.3 Å². The number of phenols is 1. The fraction of sp³-hybridized carbons (Fsp3) is 0.0833. The Morgan fingerprint density at radius 3 is 2.55 bits per heavy atom. The summed E-state index contributed by atoms with van der Waals surface area (Å²) in [5.74, 6) is 0.0571. The van der Waals surface area contributed by atoms with Crippen LogP contribution >= 0.6 is 23.2 Å². The van der Waals surface area contributed by atoms with E-state index in [1.54, 1.807) is 6.92 Å². The molecule has 0 spiro atoms. The highest BCUT2D eigenvalue weighted by Crippen LogP contribution is 2.26. The number of rotatable bonds is 3. The molecule has 0 unspecified atom stereocenters. The molecule has 0 aliphatic rings. The molecule has 0 amide bonds. The van der Waals surface area contributed by atoms with Crippen LogP contribution in [0.25, 0.3) is 0 Å². The van der Waals surface area contributed by atoms with Gasteiger partial charge in [0.1, 0.15) is 15.8 Å². The molecule has 106 valence electrons. The molecule has 0 atom stereocenters. The number of nitrogens with zero attached hydrogens (tertiary/aromatic N) is 1. The number of hydrogen-bond acceptors (Lipinski definition) is 4. The number of benzene rings is 1. The van der Waals surface area contributed by atoms with Gasteiger partial charge in [0.25, 0.3) is 10.0 Å². The zero-order chi connectivity index (χ0) is 14.9. The number of anilines is 1. The lowest BCUT2D eigenvalue weighted by atomic mass is 10.2. The standard InChI is InChI=1S/C12H10Cl2N2O3S/c1-7-4-8(17)2-3-11(7)16-20(18,19)9-5-10(13)12(14)15-6-9/h2-6,16-17H,1H3. The van der Waals surface area contributed by atoms with Crippen LogP contribution in [0.2, 0.25) is 10.2 Å². The first-order valence-corrected chi connectivity index (χ1v) is 7.67. The third kappa shape index (κ3) is 3.15. The van der Waals surface area contributed by atoms with E-state index in [9.17, 15) is 13.5 Å².